The molecule has 3 nitrogen and oxygen atoms in total. The first-order valence-corrected chi connectivity index (χ1v) is 8.85. The molecule has 106 valence electrons. The van der Waals surface area contributed by atoms with Crippen LogP contribution in [-0.2, 0) is 16.3 Å². The zero-order valence-electron chi connectivity index (χ0n) is 11.5. The van der Waals surface area contributed by atoms with E-state index in [0.29, 0.717) is 24.6 Å². The van der Waals surface area contributed by atoms with Gasteiger partial charge in [-0.2, -0.15) is 0 Å². The molecule has 0 saturated carbocycles. The van der Waals surface area contributed by atoms with Gasteiger partial charge in [-0.15, -0.1) is 0 Å². The summed E-state index contributed by atoms with van der Waals surface area (Å²) in [6, 6.07) is 14.9. The molecule has 1 aliphatic rings. The molecule has 0 aliphatic carbocycles. The molecule has 0 atom stereocenters. The summed E-state index contributed by atoms with van der Waals surface area (Å²) in [5, 5.41) is 2.53. The lowest BCUT2D eigenvalue weighted by Crippen LogP contribution is -2.41. The Bertz CT molecular complexity index is 695. The Morgan fingerprint density at radius 2 is 1.65 bits per heavy atom. The predicted molar refractivity (Wildman–Crippen MR) is 82.7 cm³/mol. The van der Waals surface area contributed by atoms with Crippen molar-refractivity contribution in [3.63, 3.8) is 0 Å². The third-order valence-corrected chi connectivity index (χ3v) is 5.58. The lowest BCUT2D eigenvalue weighted by Gasteiger charge is -2.26. The van der Waals surface area contributed by atoms with E-state index in [1.54, 1.807) is 0 Å². The average Bonchev–Trinajstić information content (AvgIpc) is 2.46. The highest BCUT2D eigenvalue weighted by Gasteiger charge is 2.20. The Morgan fingerprint density at radius 1 is 0.950 bits per heavy atom. The lowest BCUT2D eigenvalue weighted by atomic mass is 10.1. The maximum absolute atomic E-state index is 11.4. The molecule has 0 N–H and O–H groups in total. The highest BCUT2D eigenvalue weighted by Crippen LogP contribution is 2.16. The Morgan fingerprint density at radius 3 is 2.40 bits per heavy atom. The van der Waals surface area contributed by atoms with Crippen LogP contribution >= 0.6 is 0 Å². The van der Waals surface area contributed by atoms with E-state index in [4.69, 9.17) is 0 Å². The van der Waals surface area contributed by atoms with Gasteiger partial charge in [0.15, 0.2) is 9.84 Å². The van der Waals surface area contributed by atoms with Crippen LogP contribution in [0.3, 0.4) is 0 Å². The minimum absolute atomic E-state index is 0.310. The molecule has 20 heavy (non-hydrogen) atoms. The Hall–Kier alpha value is -1.39. The Kier molecular flexibility index (Phi) is 3.76. The number of hydrogen-bond donors (Lipinski definition) is 0. The van der Waals surface area contributed by atoms with E-state index >= 15 is 0 Å². The van der Waals surface area contributed by atoms with Crippen LogP contribution in [0.4, 0.5) is 0 Å². The van der Waals surface area contributed by atoms with Crippen molar-refractivity contribution < 1.29 is 8.42 Å². The molecule has 1 saturated heterocycles. The molecular formula is C16H19NO2S. The van der Waals surface area contributed by atoms with E-state index < -0.39 is 9.84 Å². The van der Waals surface area contributed by atoms with Crippen LogP contribution < -0.4 is 0 Å². The molecule has 2 aromatic carbocycles. The molecule has 0 spiro atoms. The zero-order chi connectivity index (χ0) is 14.0. The average molecular weight is 289 g/mol. The first-order chi connectivity index (χ1) is 9.62. The number of rotatable bonds is 3. The summed E-state index contributed by atoms with van der Waals surface area (Å²) in [4.78, 5) is 2.25. The summed E-state index contributed by atoms with van der Waals surface area (Å²) < 4.78 is 22.8. The number of hydrogen-bond acceptors (Lipinski definition) is 3. The van der Waals surface area contributed by atoms with Crippen LogP contribution in [0.5, 0.6) is 0 Å². The summed E-state index contributed by atoms with van der Waals surface area (Å²) in [5.74, 6) is 0.620. The van der Waals surface area contributed by atoms with Gasteiger partial charge in [-0.1, -0.05) is 42.5 Å². The highest BCUT2D eigenvalue weighted by atomic mass is 32.2. The minimum Gasteiger partial charge on any atom is -0.301 e. The summed E-state index contributed by atoms with van der Waals surface area (Å²) in [6.45, 7) is 2.29. The van der Waals surface area contributed by atoms with Crippen molar-refractivity contribution in [1.29, 1.82) is 0 Å². The minimum atomic E-state index is -2.77. The molecule has 2 aromatic rings. The molecule has 0 radical (unpaired) electrons. The molecule has 0 amide bonds. The normalized spacial score (nSPS) is 19.2. The van der Waals surface area contributed by atoms with Crippen LogP contribution in [0, 0.1) is 0 Å². The highest BCUT2D eigenvalue weighted by molar-refractivity contribution is 7.91. The maximum Gasteiger partial charge on any atom is 0.152 e. The third kappa shape index (κ3) is 3.19. The summed E-state index contributed by atoms with van der Waals surface area (Å²) in [5.41, 5.74) is 1.32. The quantitative estimate of drug-likeness (QED) is 0.868. The van der Waals surface area contributed by atoms with Gasteiger partial charge in [0.1, 0.15) is 0 Å². The van der Waals surface area contributed by atoms with Crippen molar-refractivity contribution in [3.8, 4) is 0 Å². The fourth-order valence-electron chi connectivity index (χ4n) is 2.66. The van der Waals surface area contributed by atoms with Gasteiger partial charge in [0.05, 0.1) is 11.5 Å². The van der Waals surface area contributed by atoms with E-state index in [0.717, 1.165) is 13.0 Å². The van der Waals surface area contributed by atoms with Crippen LogP contribution in [0.25, 0.3) is 10.8 Å². The van der Waals surface area contributed by atoms with Gasteiger partial charge in [-0.3, -0.25) is 0 Å². The fourth-order valence-corrected chi connectivity index (χ4v) is 3.93. The summed E-state index contributed by atoms with van der Waals surface area (Å²) >= 11 is 0. The zero-order valence-corrected chi connectivity index (χ0v) is 12.3. The molecule has 0 aromatic heterocycles. The summed E-state index contributed by atoms with van der Waals surface area (Å²) in [6.07, 6.45) is 0.977. The molecule has 1 aliphatic heterocycles. The van der Waals surface area contributed by atoms with Crippen molar-refractivity contribution in [3.05, 3.63) is 48.0 Å². The van der Waals surface area contributed by atoms with Gasteiger partial charge < -0.3 is 4.90 Å². The number of sulfone groups is 1. The molecule has 0 unspecified atom stereocenters. The maximum atomic E-state index is 11.4. The van der Waals surface area contributed by atoms with Crippen LogP contribution in [0.1, 0.15) is 5.56 Å². The van der Waals surface area contributed by atoms with Gasteiger partial charge in [-0.05, 0) is 22.8 Å². The van der Waals surface area contributed by atoms with Crippen LogP contribution in [-0.4, -0.2) is 44.5 Å². The van der Waals surface area contributed by atoms with Gasteiger partial charge in [-0.25, -0.2) is 8.42 Å². The second kappa shape index (κ2) is 5.54. The van der Waals surface area contributed by atoms with Gasteiger partial charge in [0, 0.05) is 19.6 Å². The van der Waals surface area contributed by atoms with E-state index in [1.165, 1.54) is 16.3 Å². The van der Waals surface area contributed by atoms with E-state index in [-0.39, 0.29) is 0 Å². The smallest absolute Gasteiger partial charge is 0.152 e. The van der Waals surface area contributed by atoms with Gasteiger partial charge >= 0.3 is 0 Å². The largest absolute Gasteiger partial charge is 0.301 e. The van der Waals surface area contributed by atoms with Gasteiger partial charge in [0.2, 0.25) is 0 Å². The number of fused-ring (bicyclic) bond motifs is 1. The number of nitrogens with zero attached hydrogens (tertiary/aromatic N) is 1. The lowest BCUT2D eigenvalue weighted by molar-refractivity contribution is 0.299. The summed E-state index contributed by atoms with van der Waals surface area (Å²) in [7, 11) is -2.77. The molecule has 1 fully saturated rings. The number of benzene rings is 2. The van der Waals surface area contributed by atoms with Crippen molar-refractivity contribution >= 4 is 20.6 Å². The molecule has 0 bridgehead atoms. The molecule has 3 rings (SSSR count). The van der Waals surface area contributed by atoms with Crippen molar-refractivity contribution in [2.24, 2.45) is 0 Å². The first-order valence-electron chi connectivity index (χ1n) is 7.03. The second-order valence-electron chi connectivity index (χ2n) is 5.42. The first kappa shape index (κ1) is 13.6. The second-order valence-corrected chi connectivity index (χ2v) is 7.73. The van der Waals surface area contributed by atoms with Crippen molar-refractivity contribution in [1.82, 2.24) is 4.90 Å². The monoisotopic (exact) mass is 289 g/mol. The fraction of sp³-hybridized carbons (Fsp3) is 0.375. The standard InChI is InChI=1S/C16H19NO2S/c18-20(19)11-9-17(10-12-20)8-7-14-5-6-15-3-1-2-4-16(15)13-14/h1-6,13H,7-12H2. The van der Waals surface area contributed by atoms with E-state index in [9.17, 15) is 8.42 Å². The third-order valence-electron chi connectivity index (χ3n) is 3.97. The van der Waals surface area contributed by atoms with E-state index in [1.807, 2.05) is 0 Å². The SMILES string of the molecule is O=S1(=O)CCN(CCc2ccc3ccccc3c2)CC1. The van der Waals surface area contributed by atoms with Gasteiger partial charge in [0.25, 0.3) is 0 Å². The van der Waals surface area contributed by atoms with Crippen LogP contribution in [0.2, 0.25) is 0 Å². The topological polar surface area (TPSA) is 37.4 Å². The van der Waals surface area contributed by atoms with Crippen LogP contribution in [0.15, 0.2) is 42.5 Å². The Balaban J connectivity index is 1.63. The molecular weight excluding hydrogens is 270 g/mol. The van der Waals surface area contributed by atoms with Crippen molar-refractivity contribution in [2.75, 3.05) is 31.1 Å². The molecule has 1 heterocycles. The predicted octanol–water partition coefficient (Wildman–Crippen LogP) is 2.11. The van der Waals surface area contributed by atoms with Crippen molar-refractivity contribution in [2.45, 2.75) is 6.42 Å². The Labute approximate surface area is 120 Å². The van der Waals surface area contributed by atoms with E-state index in [2.05, 4.69) is 47.4 Å². The molecule has 4 heteroatoms.